The first-order valence-corrected chi connectivity index (χ1v) is 7.08. The molecule has 0 spiro atoms. The van der Waals surface area contributed by atoms with Crippen molar-refractivity contribution in [2.75, 3.05) is 33.4 Å². The van der Waals surface area contributed by atoms with E-state index in [0.717, 1.165) is 26.1 Å². The molecule has 1 aromatic rings. The number of esters is 1. The van der Waals surface area contributed by atoms with Crippen LogP contribution in [0.4, 0.5) is 0 Å². The third kappa shape index (κ3) is 5.83. The zero-order valence-electron chi connectivity index (χ0n) is 12.6. The molecule has 1 aromatic carbocycles. The second-order valence-electron chi connectivity index (χ2n) is 4.68. The van der Waals surface area contributed by atoms with Gasteiger partial charge in [0.25, 0.3) is 0 Å². The Morgan fingerprint density at radius 1 is 1.24 bits per heavy atom. The molecule has 0 aliphatic rings. The van der Waals surface area contributed by atoms with Gasteiger partial charge in [-0.05, 0) is 24.3 Å². The molecular weight excluding hydrogens is 266 g/mol. The second-order valence-corrected chi connectivity index (χ2v) is 4.68. The van der Waals surface area contributed by atoms with Gasteiger partial charge in [0.05, 0.1) is 33.4 Å². The van der Waals surface area contributed by atoms with E-state index in [-0.39, 0.29) is 5.97 Å². The van der Waals surface area contributed by atoms with Crippen molar-refractivity contribution in [3.63, 3.8) is 0 Å². The Morgan fingerprint density at radius 3 is 2.52 bits per heavy atom. The molecule has 4 nitrogen and oxygen atoms in total. The van der Waals surface area contributed by atoms with Crippen LogP contribution in [-0.2, 0) is 4.74 Å². The summed E-state index contributed by atoms with van der Waals surface area (Å²) in [4.78, 5) is 13.0. The molecule has 4 heteroatoms. The smallest absolute Gasteiger partial charge is 0.341 e. The minimum Gasteiger partial charge on any atom is -0.492 e. The average Bonchev–Trinajstić information content (AvgIpc) is 2.51. The molecule has 0 radical (unpaired) electrons. The van der Waals surface area contributed by atoms with E-state index in [0.29, 0.717) is 17.9 Å². The molecule has 0 aliphatic carbocycles. The fraction of sp³-hybridized carbons (Fsp3) is 0.353. The van der Waals surface area contributed by atoms with Crippen LogP contribution in [0.15, 0.2) is 49.6 Å². The van der Waals surface area contributed by atoms with Gasteiger partial charge in [-0.25, -0.2) is 4.79 Å². The molecule has 0 bridgehead atoms. The quantitative estimate of drug-likeness (QED) is 0.403. The maximum atomic E-state index is 11.6. The van der Waals surface area contributed by atoms with Crippen LogP contribution in [0.3, 0.4) is 0 Å². The minimum absolute atomic E-state index is 0.379. The summed E-state index contributed by atoms with van der Waals surface area (Å²) in [6.07, 6.45) is 4.71. The Morgan fingerprint density at radius 2 is 1.90 bits per heavy atom. The fourth-order valence-electron chi connectivity index (χ4n) is 2.07. The van der Waals surface area contributed by atoms with Gasteiger partial charge in [0, 0.05) is 6.42 Å². The molecule has 0 amide bonds. The summed E-state index contributed by atoms with van der Waals surface area (Å²) in [6, 6.07) is 7.12. The lowest BCUT2D eigenvalue weighted by molar-refractivity contribution is -0.888. The van der Waals surface area contributed by atoms with E-state index in [1.165, 1.54) is 12.0 Å². The molecule has 1 rings (SSSR count). The Labute approximate surface area is 126 Å². The standard InChI is InChI=1S/C17H23NO3/c1-4-11-18(12-5-2)13-8-14-21-16-10-7-6-9-15(16)17(19)20-3/h4-7,9-10H,1-2,8,11-14H2,3H3/p+1. The molecule has 0 atom stereocenters. The van der Waals surface area contributed by atoms with E-state index in [9.17, 15) is 4.79 Å². The van der Waals surface area contributed by atoms with Gasteiger partial charge < -0.3 is 14.4 Å². The van der Waals surface area contributed by atoms with Gasteiger partial charge in [0.2, 0.25) is 0 Å². The predicted octanol–water partition coefficient (Wildman–Crippen LogP) is 1.50. The number of hydrogen-bond donors (Lipinski definition) is 1. The highest BCUT2D eigenvalue weighted by Gasteiger charge is 2.12. The van der Waals surface area contributed by atoms with E-state index >= 15 is 0 Å². The summed E-state index contributed by atoms with van der Waals surface area (Å²) < 4.78 is 10.4. The van der Waals surface area contributed by atoms with Crippen molar-refractivity contribution in [1.82, 2.24) is 0 Å². The van der Waals surface area contributed by atoms with Gasteiger partial charge >= 0.3 is 5.97 Å². The zero-order valence-corrected chi connectivity index (χ0v) is 12.6. The van der Waals surface area contributed by atoms with Gasteiger partial charge in [-0.3, -0.25) is 0 Å². The first-order chi connectivity index (χ1) is 10.2. The van der Waals surface area contributed by atoms with Gasteiger partial charge in [-0.2, -0.15) is 0 Å². The number of para-hydroxylation sites is 1. The summed E-state index contributed by atoms with van der Waals surface area (Å²) in [5.41, 5.74) is 0.460. The lowest BCUT2D eigenvalue weighted by atomic mass is 10.2. The van der Waals surface area contributed by atoms with Crippen molar-refractivity contribution in [3.8, 4) is 5.75 Å². The average molecular weight is 290 g/mol. The predicted molar refractivity (Wildman–Crippen MR) is 83.9 cm³/mol. The highest BCUT2D eigenvalue weighted by Crippen LogP contribution is 2.18. The topological polar surface area (TPSA) is 40.0 Å². The maximum Gasteiger partial charge on any atom is 0.341 e. The summed E-state index contributed by atoms with van der Waals surface area (Å²) in [7, 11) is 1.37. The summed E-state index contributed by atoms with van der Waals surface area (Å²) in [6.45, 7) is 10.9. The van der Waals surface area contributed by atoms with Crippen molar-refractivity contribution in [3.05, 3.63) is 55.1 Å². The van der Waals surface area contributed by atoms with Crippen molar-refractivity contribution < 1.29 is 19.2 Å². The van der Waals surface area contributed by atoms with E-state index in [4.69, 9.17) is 9.47 Å². The highest BCUT2D eigenvalue weighted by molar-refractivity contribution is 5.92. The number of rotatable bonds is 10. The number of benzene rings is 1. The largest absolute Gasteiger partial charge is 0.492 e. The highest BCUT2D eigenvalue weighted by atomic mass is 16.5. The third-order valence-electron chi connectivity index (χ3n) is 3.09. The minimum atomic E-state index is -0.379. The van der Waals surface area contributed by atoms with Crippen molar-refractivity contribution >= 4 is 5.97 Å². The van der Waals surface area contributed by atoms with E-state index in [1.807, 2.05) is 18.2 Å². The van der Waals surface area contributed by atoms with Crippen LogP contribution in [0.5, 0.6) is 5.75 Å². The van der Waals surface area contributed by atoms with Crippen molar-refractivity contribution in [2.45, 2.75) is 6.42 Å². The molecule has 0 heterocycles. The second kappa shape index (κ2) is 9.77. The number of hydrogen-bond acceptors (Lipinski definition) is 3. The van der Waals surface area contributed by atoms with E-state index < -0.39 is 0 Å². The summed E-state index contributed by atoms with van der Waals surface area (Å²) in [5, 5.41) is 0. The van der Waals surface area contributed by atoms with Crippen LogP contribution in [-0.4, -0.2) is 39.3 Å². The molecular formula is C17H24NO3+. The molecule has 0 aromatic heterocycles. The molecule has 21 heavy (non-hydrogen) atoms. The molecule has 1 N–H and O–H groups in total. The molecule has 114 valence electrons. The summed E-state index contributed by atoms with van der Waals surface area (Å²) in [5.74, 6) is 0.189. The van der Waals surface area contributed by atoms with Crippen LogP contribution in [0.2, 0.25) is 0 Å². The van der Waals surface area contributed by atoms with E-state index in [1.54, 1.807) is 18.2 Å². The Kier molecular flexibility index (Phi) is 7.90. The normalized spacial score (nSPS) is 10.2. The Bertz CT molecular complexity index is 461. The van der Waals surface area contributed by atoms with Gasteiger partial charge in [0.1, 0.15) is 11.3 Å². The number of carbonyl (C=O) groups is 1. The number of ether oxygens (including phenoxy) is 2. The van der Waals surface area contributed by atoms with Gasteiger partial charge in [0.15, 0.2) is 0 Å². The van der Waals surface area contributed by atoms with Gasteiger partial charge in [-0.15, -0.1) is 0 Å². The molecule has 0 saturated heterocycles. The Balaban J connectivity index is 2.47. The van der Waals surface area contributed by atoms with Crippen LogP contribution >= 0.6 is 0 Å². The maximum absolute atomic E-state index is 11.6. The SMILES string of the molecule is C=CC[NH+](CC=C)CCCOc1ccccc1C(=O)OC. The summed E-state index contributed by atoms with van der Waals surface area (Å²) >= 11 is 0. The number of methoxy groups -OCH3 is 1. The molecule has 0 unspecified atom stereocenters. The van der Waals surface area contributed by atoms with Crippen LogP contribution in [0.25, 0.3) is 0 Å². The molecule has 0 fully saturated rings. The molecule has 0 aliphatic heterocycles. The monoisotopic (exact) mass is 290 g/mol. The Hall–Kier alpha value is -2.07. The van der Waals surface area contributed by atoms with Crippen LogP contribution in [0, 0.1) is 0 Å². The van der Waals surface area contributed by atoms with Crippen LogP contribution in [0.1, 0.15) is 16.8 Å². The lowest BCUT2D eigenvalue weighted by Gasteiger charge is -2.16. The first-order valence-electron chi connectivity index (χ1n) is 7.08. The zero-order chi connectivity index (χ0) is 15.5. The number of carbonyl (C=O) groups excluding carboxylic acids is 1. The lowest BCUT2D eigenvalue weighted by Crippen LogP contribution is -3.11. The van der Waals surface area contributed by atoms with Crippen molar-refractivity contribution in [1.29, 1.82) is 0 Å². The number of nitrogens with one attached hydrogen (secondary N) is 1. The third-order valence-corrected chi connectivity index (χ3v) is 3.09. The van der Waals surface area contributed by atoms with E-state index in [2.05, 4.69) is 13.2 Å². The van der Waals surface area contributed by atoms with Crippen LogP contribution < -0.4 is 9.64 Å². The van der Waals surface area contributed by atoms with Gasteiger partial charge in [-0.1, -0.05) is 25.3 Å². The van der Waals surface area contributed by atoms with Crippen molar-refractivity contribution in [2.24, 2.45) is 0 Å². The first kappa shape index (κ1) is 17.0. The fourth-order valence-corrected chi connectivity index (χ4v) is 2.07. The number of quaternary nitrogens is 1. The molecule has 0 saturated carbocycles.